The molecule has 0 bridgehead atoms. The zero-order valence-electron chi connectivity index (χ0n) is 11.3. The summed E-state index contributed by atoms with van der Waals surface area (Å²) in [6.07, 6.45) is 0.417. The van der Waals surface area contributed by atoms with E-state index >= 15 is 0 Å². The molecule has 0 amide bonds. The normalized spacial score (nSPS) is 12.3. The number of hydrogen-bond acceptors (Lipinski definition) is 4. The molecule has 0 saturated heterocycles. The van der Waals surface area contributed by atoms with Crippen LogP contribution in [0.3, 0.4) is 0 Å². The van der Waals surface area contributed by atoms with Crippen LogP contribution in [0.25, 0.3) is 0 Å². The van der Waals surface area contributed by atoms with E-state index in [9.17, 15) is 5.11 Å². The lowest BCUT2D eigenvalue weighted by molar-refractivity contribution is 0.175. The van der Waals surface area contributed by atoms with Crippen LogP contribution in [0.4, 0.5) is 0 Å². The van der Waals surface area contributed by atoms with Crippen molar-refractivity contribution in [2.24, 2.45) is 0 Å². The maximum atomic E-state index is 9.93. The van der Waals surface area contributed by atoms with Gasteiger partial charge in [0.1, 0.15) is 5.75 Å². The molecule has 0 saturated carbocycles. The number of hydrogen-bond donors (Lipinski definition) is 2. The molecule has 1 aromatic heterocycles. The second-order valence-electron chi connectivity index (χ2n) is 4.50. The highest BCUT2D eigenvalue weighted by atomic mass is 35.5. The number of ether oxygens (including phenoxy) is 1. The lowest BCUT2D eigenvalue weighted by Crippen LogP contribution is -2.23. The monoisotopic (exact) mass is 311 g/mol. The molecule has 0 spiro atoms. The largest absolute Gasteiger partial charge is 0.495 e. The Bertz CT molecular complexity index is 531. The van der Waals surface area contributed by atoms with Crippen molar-refractivity contribution in [1.82, 2.24) is 5.32 Å². The van der Waals surface area contributed by atoms with Crippen molar-refractivity contribution in [1.29, 1.82) is 0 Å². The molecule has 1 aromatic carbocycles. The van der Waals surface area contributed by atoms with E-state index in [1.807, 2.05) is 35.0 Å². The Hall–Kier alpha value is -1.07. The van der Waals surface area contributed by atoms with Crippen molar-refractivity contribution in [3.05, 3.63) is 51.2 Å². The highest BCUT2D eigenvalue weighted by Gasteiger charge is 2.07. The van der Waals surface area contributed by atoms with Crippen molar-refractivity contribution in [2.75, 3.05) is 20.2 Å². The Kier molecular flexibility index (Phi) is 5.86. The van der Waals surface area contributed by atoms with Gasteiger partial charge in [-0.2, -0.15) is 11.3 Å². The predicted molar refractivity (Wildman–Crippen MR) is 83.9 cm³/mol. The third-order valence-corrected chi connectivity index (χ3v) is 4.07. The molecule has 1 unspecified atom stereocenters. The fraction of sp³-hybridized carbons (Fsp3) is 0.333. The molecule has 0 aliphatic heterocycles. The SMILES string of the molecule is COc1ccc(CCNCC(O)c2ccsc2)cc1Cl. The summed E-state index contributed by atoms with van der Waals surface area (Å²) in [7, 11) is 1.61. The molecule has 3 nitrogen and oxygen atoms in total. The van der Waals surface area contributed by atoms with Crippen molar-refractivity contribution >= 4 is 22.9 Å². The van der Waals surface area contributed by atoms with Crippen LogP contribution in [-0.4, -0.2) is 25.3 Å². The Morgan fingerprint density at radius 3 is 2.90 bits per heavy atom. The number of methoxy groups -OCH3 is 1. The number of aliphatic hydroxyl groups excluding tert-OH is 1. The molecule has 0 radical (unpaired) electrons. The van der Waals surface area contributed by atoms with Gasteiger partial charge in [0.05, 0.1) is 18.2 Å². The summed E-state index contributed by atoms with van der Waals surface area (Å²) in [5, 5.41) is 17.7. The fourth-order valence-corrected chi connectivity index (χ4v) is 2.91. The highest BCUT2D eigenvalue weighted by molar-refractivity contribution is 7.07. The van der Waals surface area contributed by atoms with Crippen LogP contribution in [0.5, 0.6) is 5.75 Å². The summed E-state index contributed by atoms with van der Waals surface area (Å²) < 4.78 is 5.12. The van der Waals surface area contributed by atoms with Crippen LogP contribution < -0.4 is 10.1 Å². The van der Waals surface area contributed by atoms with Crippen LogP contribution >= 0.6 is 22.9 Å². The van der Waals surface area contributed by atoms with Gasteiger partial charge in [0.15, 0.2) is 0 Å². The second kappa shape index (κ2) is 7.64. The molecular weight excluding hydrogens is 294 g/mol. The van der Waals surface area contributed by atoms with E-state index in [1.165, 1.54) is 0 Å². The molecule has 0 aliphatic carbocycles. The molecule has 2 aromatic rings. The minimum atomic E-state index is -0.444. The fourth-order valence-electron chi connectivity index (χ4n) is 1.92. The van der Waals surface area contributed by atoms with Gasteiger partial charge in [-0.15, -0.1) is 0 Å². The van der Waals surface area contributed by atoms with Crippen LogP contribution in [0, 0.1) is 0 Å². The van der Waals surface area contributed by atoms with Crippen LogP contribution in [0.2, 0.25) is 5.02 Å². The number of benzene rings is 1. The van der Waals surface area contributed by atoms with E-state index in [4.69, 9.17) is 16.3 Å². The van der Waals surface area contributed by atoms with Gasteiger partial charge in [-0.3, -0.25) is 0 Å². The lowest BCUT2D eigenvalue weighted by Gasteiger charge is -2.11. The van der Waals surface area contributed by atoms with Gasteiger partial charge in [0.2, 0.25) is 0 Å². The number of aliphatic hydroxyl groups is 1. The van der Waals surface area contributed by atoms with Crippen molar-refractivity contribution in [3.63, 3.8) is 0 Å². The molecule has 2 N–H and O–H groups in total. The second-order valence-corrected chi connectivity index (χ2v) is 5.68. The maximum absolute atomic E-state index is 9.93. The highest BCUT2D eigenvalue weighted by Crippen LogP contribution is 2.25. The topological polar surface area (TPSA) is 41.5 Å². The Morgan fingerprint density at radius 1 is 1.40 bits per heavy atom. The number of thiophene rings is 1. The first-order chi connectivity index (χ1) is 9.70. The van der Waals surface area contributed by atoms with E-state index in [0.29, 0.717) is 17.3 Å². The molecular formula is C15H18ClNO2S. The Labute approximate surface area is 128 Å². The molecule has 1 atom stereocenters. The Balaban J connectivity index is 1.74. The molecule has 2 rings (SSSR count). The zero-order chi connectivity index (χ0) is 14.4. The van der Waals surface area contributed by atoms with Crippen molar-refractivity contribution < 1.29 is 9.84 Å². The van der Waals surface area contributed by atoms with Gasteiger partial charge in [-0.25, -0.2) is 0 Å². The van der Waals surface area contributed by atoms with E-state index in [2.05, 4.69) is 5.32 Å². The van der Waals surface area contributed by atoms with Gasteiger partial charge in [-0.1, -0.05) is 17.7 Å². The first-order valence-electron chi connectivity index (χ1n) is 6.44. The van der Waals surface area contributed by atoms with E-state index in [-0.39, 0.29) is 0 Å². The molecule has 20 heavy (non-hydrogen) atoms. The van der Waals surface area contributed by atoms with Crippen LogP contribution in [0.15, 0.2) is 35.0 Å². The summed E-state index contributed by atoms with van der Waals surface area (Å²) in [4.78, 5) is 0. The average Bonchev–Trinajstić information content (AvgIpc) is 2.98. The lowest BCUT2D eigenvalue weighted by atomic mass is 10.1. The molecule has 0 aliphatic rings. The first-order valence-corrected chi connectivity index (χ1v) is 7.76. The van der Waals surface area contributed by atoms with Gasteiger partial charge in [0, 0.05) is 6.54 Å². The standard InChI is InChI=1S/C15H18ClNO2S/c1-19-15-3-2-11(8-13(15)16)4-6-17-9-14(18)12-5-7-20-10-12/h2-3,5,7-8,10,14,17-18H,4,6,9H2,1H3. The minimum Gasteiger partial charge on any atom is -0.495 e. The average molecular weight is 312 g/mol. The quantitative estimate of drug-likeness (QED) is 0.771. The van der Waals surface area contributed by atoms with Crippen LogP contribution in [0.1, 0.15) is 17.2 Å². The summed E-state index contributed by atoms with van der Waals surface area (Å²) in [5.74, 6) is 0.691. The van der Waals surface area contributed by atoms with Gasteiger partial charge in [-0.05, 0) is 53.1 Å². The van der Waals surface area contributed by atoms with Gasteiger partial charge in [0.25, 0.3) is 0 Å². The number of nitrogens with one attached hydrogen (secondary N) is 1. The molecule has 5 heteroatoms. The smallest absolute Gasteiger partial charge is 0.137 e. The number of halogens is 1. The van der Waals surface area contributed by atoms with Crippen LogP contribution in [-0.2, 0) is 6.42 Å². The molecule has 0 fully saturated rings. The third-order valence-electron chi connectivity index (χ3n) is 3.07. The van der Waals surface area contributed by atoms with Gasteiger partial charge >= 0.3 is 0 Å². The minimum absolute atomic E-state index is 0.444. The zero-order valence-corrected chi connectivity index (χ0v) is 12.9. The summed E-state index contributed by atoms with van der Waals surface area (Å²) in [5.41, 5.74) is 2.11. The molecule has 108 valence electrons. The van der Waals surface area contributed by atoms with Gasteiger partial charge < -0.3 is 15.2 Å². The third kappa shape index (κ3) is 4.21. The van der Waals surface area contributed by atoms with Crippen molar-refractivity contribution in [2.45, 2.75) is 12.5 Å². The summed E-state index contributed by atoms with van der Waals surface area (Å²) >= 11 is 7.67. The van der Waals surface area contributed by atoms with E-state index < -0.39 is 6.10 Å². The predicted octanol–water partition coefficient (Wildman–Crippen LogP) is 3.28. The summed E-state index contributed by atoms with van der Waals surface area (Å²) in [6, 6.07) is 7.73. The van der Waals surface area contributed by atoms with Crippen molar-refractivity contribution in [3.8, 4) is 5.75 Å². The van der Waals surface area contributed by atoms with E-state index in [0.717, 1.165) is 24.1 Å². The number of rotatable bonds is 7. The first kappa shape index (κ1) is 15.3. The Morgan fingerprint density at radius 2 is 2.25 bits per heavy atom. The summed E-state index contributed by atoms with van der Waals surface area (Å²) in [6.45, 7) is 1.35. The maximum Gasteiger partial charge on any atom is 0.137 e. The van der Waals surface area contributed by atoms with E-state index in [1.54, 1.807) is 18.4 Å². The molecule has 1 heterocycles.